The molecule has 1 fully saturated rings. The summed E-state index contributed by atoms with van der Waals surface area (Å²) in [5.74, 6) is 0.544. The fourth-order valence-corrected chi connectivity index (χ4v) is 2.00. The number of hydrogen-bond donors (Lipinski definition) is 2. The van der Waals surface area contributed by atoms with Gasteiger partial charge >= 0.3 is 0 Å². The van der Waals surface area contributed by atoms with Crippen LogP contribution in [0.25, 0.3) is 0 Å². The van der Waals surface area contributed by atoms with Gasteiger partial charge in [-0.2, -0.15) is 0 Å². The fourth-order valence-electron chi connectivity index (χ4n) is 2.00. The van der Waals surface area contributed by atoms with Crippen molar-refractivity contribution in [2.45, 2.75) is 39.2 Å². The van der Waals surface area contributed by atoms with Gasteiger partial charge in [-0.25, -0.2) is 0 Å². The van der Waals surface area contributed by atoms with E-state index in [1.165, 1.54) is 0 Å². The third-order valence-corrected chi connectivity index (χ3v) is 3.40. The predicted molar refractivity (Wildman–Crippen MR) is 75.0 cm³/mol. The van der Waals surface area contributed by atoms with Gasteiger partial charge < -0.3 is 15.2 Å². The van der Waals surface area contributed by atoms with Gasteiger partial charge in [0.05, 0.1) is 25.4 Å². The quantitative estimate of drug-likeness (QED) is 0.713. The Balaban J connectivity index is 2.20. The molecule has 0 aromatic carbocycles. The average Bonchev–Trinajstić information content (AvgIpc) is 2.36. The van der Waals surface area contributed by atoms with Crippen LogP contribution in [0.2, 0.25) is 0 Å². The van der Waals surface area contributed by atoms with E-state index >= 15 is 0 Å². The van der Waals surface area contributed by atoms with Crippen molar-refractivity contribution >= 4 is 5.91 Å². The van der Waals surface area contributed by atoms with E-state index in [2.05, 4.69) is 24.1 Å². The second-order valence-electron chi connectivity index (χ2n) is 6.09. The number of carbonyl (C=O) groups excluding carboxylic acids is 1. The molecular formula is C14H28N2O3. The normalized spacial score (nSPS) is 20.3. The monoisotopic (exact) mass is 272 g/mol. The zero-order valence-corrected chi connectivity index (χ0v) is 12.4. The molecule has 0 radical (unpaired) electrons. The Hall–Kier alpha value is -0.650. The summed E-state index contributed by atoms with van der Waals surface area (Å²) in [6.45, 7) is 9.75. The van der Waals surface area contributed by atoms with Crippen molar-refractivity contribution in [1.82, 2.24) is 10.2 Å². The second-order valence-corrected chi connectivity index (χ2v) is 6.09. The maximum atomic E-state index is 11.8. The first-order valence-electron chi connectivity index (χ1n) is 7.18. The molecule has 1 aliphatic rings. The summed E-state index contributed by atoms with van der Waals surface area (Å²) in [5, 5.41) is 13.0. The van der Waals surface area contributed by atoms with E-state index in [0.717, 1.165) is 19.5 Å². The Bertz CT molecular complexity index is 274. The summed E-state index contributed by atoms with van der Waals surface area (Å²) < 4.78 is 5.24. The predicted octanol–water partition coefficient (Wildman–Crippen LogP) is 0.622. The Kier molecular flexibility index (Phi) is 6.75. The van der Waals surface area contributed by atoms with Crippen LogP contribution in [0.3, 0.4) is 0 Å². The molecule has 1 atom stereocenters. The number of nitrogens with one attached hydrogen (secondary N) is 1. The van der Waals surface area contributed by atoms with Crippen LogP contribution in [-0.2, 0) is 9.53 Å². The van der Waals surface area contributed by atoms with E-state index in [9.17, 15) is 9.90 Å². The van der Waals surface area contributed by atoms with Crippen LogP contribution in [0.1, 0.15) is 33.6 Å². The number of rotatable bonds is 7. The van der Waals surface area contributed by atoms with Gasteiger partial charge in [0.2, 0.25) is 5.91 Å². The van der Waals surface area contributed by atoms with Crippen molar-refractivity contribution in [2.75, 3.05) is 39.4 Å². The minimum absolute atomic E-state index is 0.0216. The lowest BCUT2D eigenvalue weighted by molar-refractivity contribution is -0.124. The topological polar surface area (TPSA) is 61.8 Å². The molecule has 0 aromatic heterocycles. The summed E-state index contributed by atoms with van der Waals surface area (Å²) in [6.07, 6.45) is 1.68. The molecule has 1 rings (SSSR count). The van der Waals surface area contributed by atoms with Gasteiger partial charge in [0.1, 0.15) is 0 Å². The zero-order valence-electron chi connectivity index (χ0n) is 12.4. The first-order valence-corrected chi connectivity index (χ1v) is 7.18. The van der Waals surface area contributed by atoms with E-state index in [0.29, 0.717) is 38.6 Å². The Morgan fingerprint density at radius 1 is 1.42 bits per heavy atom. The van der Waals surface area contributed by atoms with E-state index in [1.54, 1.807) is 6.92 Å². The lowest BCUT2D eigenvalue weighted by Crippen LogP contribution is -2.47. The Morgan fingerprint density at radius 3 is 2.63 bits per heavy atom. The van der Waals surface area contributed by atoms with Crippen molar-refractivity contribution in [2.24, 2.45) is 5.92 Å². The van der Waals surface area contributed by atoms with Crippen LogP contribution in [-0.4, -0.2) is 60.9 Å². The maximum Gasteiger partial charge on any atom is 0.234 e. The summed E-state index contributed by atoms with van der Waals surface area (Å²) in [6, 6.07) is 0. The van der Waals surface area contributed by atoms with Crippen molar-refractivity contribution in [3.63, 3.8) is 0 Å². The Labute approximate surface area is 116 Å². The zero-order chi connectivity index (χ0) is 14.3. The third kappa shape index (κ3) is 7.50. The molecule has 1 amide bonds. The highest BCUT2D eigenvalue weighted by Gasteiger charge is 2.22. The highest BCUT2D eigenvalue weighted by atomic mass is 16.5. The number of carbonyl (C=O) groups is 1. The second kappa shape index (κ2) is 7.82. The molecule has 1 saturated heterocycles. The van der Waals surface area contributed by atoms with Crippen LogP contribution in [0.4, 0.5) is 0 Å². The molecule has 1 heterocycles. The number of nitrogens with zero attached hydrogens (tertiary/aromatic N) is 1. The molecule has 0 saturated carbocycles. The SMILES string of the molecule is CC(C)CCC(C)(O)CNC(=O)CN1CCOCC1. The number of ether oxygens (including phenoxy) is 1. The first-order chi connectivity index (χ1) is 8.89. The molecule has 5 nitrogen and oxygen atoms in total. The molecule has 0 aromatic rings. The van der Waals surface area contributed by atoms with Crippen molar-refractivity contribution in [3.05, 3.63) is 0 Å². The van der Waals surface area contributed by atoms with Crippen LogP contribution >= 0.6 is 0 Å². The number of amides is 1. The number of hydrogen-bond acceptors (Lipinski definition) is 4. The molecule has 2 N–H and O–H groups in total. The lowest BCUT2D eigenvalue weighted by Gasteiger charge is -2.28. The lowest BCUT2D eigenvalue weighted by atomic mass is 9.95. The number of morpholine rings is 1. The molecule has 0 spiro atoms. The summed E-state index contributed by atoms with van der Waals surface area (Å²) in [5.41, 5.74) is -0.815. The van der Waals surface area contributed by atoms with Gasteiger partial charge in [0.25, 0.3) is 0 Å². The molecule has 1 unspecified atom stereocenters. The largest absolute Gasteiger partial charge is 0.388 e. The molecule has 5 heteroatoms. The first kappa shape index (κ1) is 16.4. The van der Waals surface area contributed by atoms with Crippen LogP contribution in [0.15, 0.2) is 0 Å². The summed E-state index contributed by atoms with van der Waals surface area (Å²) in [4.78, 5) is 13.9. The smallest absolute Gasteiger partial charge is 0.234 e. The minimum atomic E-state index is -0.815. The molecule has 112 valence electrons. The molecular weight excluding hydrogens is 244 g/mol. The van der Waals surface area contributed by atoms with Gasteiger partial charge in [0.15, 0.2) is 0 Å². The van der Waals surface area contributed by atoms with Crippen LogP contribution < -0.4 is 5.32 Å². The molecule has 0 bridgehead atoms. The third-order valence-electron chi connectivity index (χ3n) is 3.40. The van der Waals surface area contributed by atoms with Gasteiger partial charge in [0, 0.05) is 19.6 Å². The average molecular weight is 272 g/mol. The highest BCUT2D eigenvalue weighted by Crippen LogP contribution is 2.15. The standard InChI is InChI=1S/C14H28N2O3/c1-12(2)4-5-14(3,18)11-15-13(17)10-16-6-8-19-9-7-16/h12,18H,4-11H2,1-3H3,(H,15,17). The molecule has 1 aliphatic heterocycles. The summed E-state index contributed by atoms with van der Waals surface area (Å²) >= 11 is 0. The summed E-state index contributed by atoms with van der Waals surface area (Å²) in [7, 11) is 0. The molecule has 0 aliphatic carbocycles. The van der Waals surface area contributed by atoms with Gasteiger partial charge in [-0.05, 0) is 25.7 Å². The van der Waals surface area contributed by atoms with Crippen molar-refractivity contribution < 1.29 is 14.6 Å². The van der Waals surface area contributed by atoms with E-state index in [1.807, 2.05) is 0 Å². The van der Waals surface area contributed by atoms with Gasteiger partial charge in [-0.1, -0.05) is 13.8 Å². The Morgan fingerprint density at radius 2 is 2.05 bits per heavy atom. The minimum Gasteiger partial charge on any atom is -0.388 e. The van der Waals surface area contributed by atoms with Crippen LogP contribution in [0, 0.1) is 5.92 Å². The van der Waals surface area contributed by atoms with Gasteiger partial charge in [-0.15, -0.1) is 0 Å². The van der Waals surface area contributed by atoms with E-state index in [4.69, 9.17) is 4.74 Å². The van der Waals surface area contributed by atoms with Crippen LogP contribution in [0.5, 0.6) is 0 Å². The number of aliphatic hydroxyl groups is 1. The maximum absolute atomic E-state index is 11.8. The highest BCUT2D eigenvalue weighted by molar-refractivity contribution is 5.78. The van der Waals surface area contributed by atoms with E-state index < -0.39 is 5.60 Å². The van der Waals surface area contributed by atoms with Crippen molar-refractivity contribution in [3.8, 4) is 0 Å². The fraction of sp³-hybridized carbons (Fsp3) is 0.929. The van der Waals surface area contributed by atoms with Gasteiger partial charge in [-0.3, -0.25) is 9.69 Å². The molecule has 19 heavy (non-hydrogen) atoms. The van der Waals surface area contributed by atoms with E-state index in [-0.39, 0.29) is 5.91 Å². The van der Waals surface area contributed by atoms with Crippen molar-refractivity contribution in [1.29, 1.82) is 0 Å².